The van der Waals surface area contributed by atoms with E-state index >= 15 is 0 Å². The Morgan fingerprint density at radius 2 is 1.96 bits per heavy atom. The van der Waals surface area contributed by atoms with Crippen molar-refractivity contribution in [3.05, 3.63) is 76.9 Å². The zero-order chi connectivity index (χ0) is 18.1. The summed E-state index contributed by atoms with van der Waals surface area (Å²) in [6.45, 7) is 2.05. The first-order valence-corrected chi connectivity index (χ1v) is 8.24. The third kappa shape index (κ3) is 3.16. The molecule has 0 saturated heterocycles. The van der Waals surface area contributed by atoms with Crippen molar-refractivity contribution in [1.82, 2.24) is 20.4 Å². The maximum atomic E-state index is 13.0. The fraction of sp³-hybridized carbons (Fsp3) is 0.158. The standard InChI is InChI=1S/C19H17FN4O2/c20-15-3-5-16(6-4-15)24-11-17(25)18(23-24)19(26)22-8-12-1-2-13-9-21-10-14(13)7-12/h1-7,11,21,25H,8-10H2,(H,22,26). The highest BCUT2D eigenvalue weighted by Crippen LogP contribution is 2.19. The van der Waals surface area contributed by atoms with Gasteiger partial charge in [0.25, 0.3) is 5.91 Å². The molecule has 0 atom stereocenters. The fourth-order valence-electron chi connectivity index (χ4n) is 2.98. The van der Waals surface area contributed by atoms with Crippen molar-refractivity contribution in [2.75, 3.05) is 0 Å². The average Bonchev–Trinajstić information content (AvgIpc) is 3.26. The summed E-state index contributed by atoms with van der Waals surface area (Å²) in [4.78, 5) is 12.4. The number of carbonyl (C=O) groups excluding carboxylic acids is 1. The first kappa shape index (κ1) is 16.3. The summed E-state index contributed by atoms with van der Waals surface area (Å²) in [5.74, 6) is -1.07. The predicted molar refractivity (Wildman–Crippen MR) is 93.3 cm³/mol. The topological polar surface area (TPSA) is 79.2 Å². The van der Waals surface area contributed by atoms with Gasteiger partial charge in [0.1, 0.15) is 5.82 Å². The van der Waals surface area contributed by atoms with Crippen LogP contribution >= 0.6 is 0 Å². The molecule has 0 radical (unpaired) electrons. The van der Waals surface area contributed by atoms with Gasteiger partial charge in [0.15, 0.2) is 11.4 Å². The highest BCUT2D eigenvalue weighted by molar-refractivity contribution is 5.94. The number of nitrogens with zero attached hydrogens (tertiary/aromatic N) is 2. The average molecular weight is 352 g/mol. The van der Waals surface area contributed by atoms with E-state index in [9.17, 15) is 14.3 Å². The molecule has 1 amide bonds. The molecule has 26 heavy (non-hydrogen) atoms. The van der Waals surface area contributed by atoms with Crippen molar-refractivity contribution in [3.63, 3.8) is 0 Å². The largest absolute Gasteiger partial charge is 0.504 e. The van der Waals surface area contributed by atoms with Crippen LogP contribution in [0.4, 0.5) is 4.39 Å². The number of rotatable bonds is 4. The van der Waals surface area contributed by atoms with Crippen molar-refractivity contribution in [2.24, 2.45) is 0 Å². The lowest BCUT2D eigenvalue weighted by atomic mass is 10.1. The van der Waals surface area contributed by atoms with Gasteiger partial charge in [-0.1, -0.05) is 18.2 Å². The second-order valence-electron chi connectivity index (χ2n) is 6.17. The molecule has 0 unspecified atom stereocenters. The van der Waals surface area contributed by atoms with Crippen molar-refractivity contribution in [3.8, 4) is 11.4 Å². The van der Waals surface area contributed by atoms with Gasteiger partial charge >= 0.3 is 0 Å². The first-order valence-electron chi connectivity index (χ1n) is 8.24. The van der Waals surface area contributed by atoms with Crippen LogP contribution in [0.2, 0.25) is 0 Å². The third-order valence-electron chi connectivity index (χ3n) is 4.36. The number of halogens is 1. The van der Waals surface area contributed by atoms with Gasteiger partial charge in [-0.25, -0.2) is 9.07 Å². The first-order chi connectivity index (χ1) is 12.6. The minimum Gasteiger partial charge on any atom is -0.504 e. The summed E-state index contributed by atoms with van der Waals surface area (Å²) in [6, 6.07) is 11.7. The molecule has 2 heterocycles. The zero-order valence-electron chi connectivity index (χ0n) is 13.9. The molecule has 0 bridgehead atoms. The minimum atomic E-state index is -0.470. The Bertz CT molecular complexity index is 966. The van der Waals surface area contributed by atoms with Crippen LogP contribution in [-0.4, -0.2) is 20.8 Å². The molecule has 3 N–H and O–H groups in total. The molecule has 7 heteroatoms. The molecular weight excluding hydrogens is 335 g/mol. The molecule has 2 aromatic carbocycles. The Balaban J connectivity index is 1.47. The number of nitrogens with one attached hydrogen (secondary N) is 2. The number of aromatic hydroxyl groups is 1. The van der Waals surface area contributed by atoms with E-state index in [-0.39, 0.29) is 17.3 Å². The summed E-state index contributed by atoms with van der Waals surface area (Å²) in [7, 11) is 0. The maximum Gasteiger partial charge on any atom is 0.275 e. The minimum absolute atomic E-state index is 0.0721. The van der Waals surface area contributed by atoms with Crippen molar-refractivity contribution in [1.29, 1.82) is 0 Å². The lowest BCUT2D eigenvalue weighted by Crippen LogP contribution is -2.23. The van der Waals surface area contributed by atoms with Crippen molar-refractivity contribution < 1.29 is 14.3 Å². The lowest BCUT2D eigenvalue weighted by molar-refractivity contribution is 0.0943. The fourth-order valence-corrected chi connectivity index (χ4v) is 2.98. The molecule has 0 spiro atoms. The van der Waals surface area contributed by atoms with Gasteiger partial charge in [0, 0.05) is 19.6 Å². The number of amides is 1. The molecular formula is C19H17FN4O2. The van der Waals surface area contributed by atoms with E-state index in [1.807, 2.05) is 6.07 Å². The van der Waals surface area contributed by atoms with E-state index in [1.165, 1.54) is 46.3 Å². The van der Waals surface area contributed by atoms with Crippen LogP contribution in [-0.2, 0) is 19.6 Å². The number of hydrogen-bond donors (Lipinski definition) is 3. The molecule has 6 nitrogen and oxygen atoms in total. The molecule has 1 aliphatic heterocycles. The quantitative estimate of drug-likeness (QED) is 0.673. The predicted octanol–water partition coefficient (Wildman–Crippen LogP) is 2.25. The van der Waals surface area contributed by atoms with Crippen LogP contribution in [0.15, 0.2) is 48.7 Å². The monoisotopic (exact) mass is 352 g/mol. The van der Waals surface area contributed by atoms with E-state index in [4.69, 9.17) is 0 Å². The molecule has 0 fully saturated rings. The Labute approximate surface area is 149 Å². The van der Waals surface area contributed by atoms with Gasteiger partial charge in [-0.3, -0.25) is 4.79 Å². The van der Waals surface area contributed by atoms with E-state index in [2.05, 4.69) is 27.9 Å². The van der Waals surface area contributed by atoms with Gasteiger partial charge < -0.3 is 15.7 Å². The molecule has 132 valence electrons. The number of aromatic nitrogens is 2. The van der Waals surface area contributed by atoms with E-state index < -0.39 is 5.91 Å². The Morgan fingerprint density at radius 3 is 2.77 bits per heavy atom. The van der Waals surface area contributed by atoms with Crippen LogP contribution in [0.5, 0.6) is 5.75 Å². The van der Waals surface area contributed by atoms with Crippen LogP contribution in [0.1, 0.15) is 27.2 Å². The number of hydrogen-bond acceptors (Lipinski definition) is 4. The Morgan fingerprint density at radius 1 is 1.19 bits per heavy atom. The summed E-state index contributed by atoms with van der Waals surface area (Å²) < 4.78 is 14.4. The normalized spacial score (nSPS) is 12.8. The van der Waals surface area contributed by atoms with Gasteiger partial charge in [-0.2, -0.15) is 5.10 Å². The zero-order valence-corrected chi connectivity index (χ0v) is 13.9. The van der Waals surface area contributed by atoms with Gasteiger partial charge in [0.2, 0.25) is 0 Å². The maximum absolute atomic E-state index is 13.0. The van der Waals surface area contributed by atoms with Crippen LogP contribution < -0.4 is 10.6 Å². The SMILES string of the molecule is O=C(NCc1ccc2c(c1)CNC2)c1nn(-c2ccc(F)cc2)cc1O. The number of fused-ring (bicyclic) bond motifs is 1. The highest BCUT2D eigenvalue weighted by atomic mass is 19.1. The number of benzene rings is 2. The summed E-state index contributed by atoms with van der Waals surface area (Å²) in [6.07, 6.45) is 1.32. The molecule has 1 aromatic heterocycles. The Kier molecular flexibility index (Phi) is 4.14. The van der Waals surface area contributed by atoms with Crippen LogP contribution in [0, 0.1) is 5.82 Å². The highest BCUT2D eigenvalue weighted by Gasteiger charge is 2.17. The summed E-state index contributed by atoms with van der Waals surface area (Å²) in [5, 5.41) is 20.2. The van der Waals surface area contributed by atoms with E-state index in [0.29, 0.717) is 12.2 Å². The lowest BCUT2D eigenvalue weighted by Gasteiger charge is -2.06. The molecule has 0 aliphatic carbocycles. The van der Waals surface area contributed by atoms with E-state index in [0.717, 1.165) is 18.7 Å². The smallest absolute Gasteiger partial charge is 0.275 e. The van der Waals surface area contributed by atoms with Crippen molar-refractivity contribution in [2.45, 2.75) is 19.6 Å². The second kappa shape index (κ2) is 6.61. The van der Waals surface area contributed by atoms with Gasteiger partial charge in [-0.05, 0) is 41.0 Å². The van der Waals surface area contributed by atoms with Gasteiger partial charge in [-0.15, -0.1) is 0 Å². The Hall–Kier alpha value is -3.19. The number of carbonyl (C=O) groups is 1. The van der Waals surface area contributed by atoms with E-state index in [1.54, 1.807) is 0 Å². The molecule has 1 aliphatic rings. The van der Waals surface area contributed by atoms with Gasteiger partial charge in [0.05, 0.1) is 11.9 Å². The molecule has 4 rings (SSSR count). The summed E-state index contributed by atoms with van der Waals surface area (Å²) >= 11 is 0. The molecule has 3 aromatic rings. The molecule has 0 saturated carbocycles. The second-order valence-corrected chi connectivity index (χ2v) is 6.17. The summed E-state index contributed by atoms with van der Waals surface area (Å²) in [5.41, 5.74) is 3.97. The third-order valence-corrected chi connectivity index (χ3v) is 4.36. The van der Waals surface area contributed by atoms with Crippen LogP contribution in [0.3, 0.4) is 0 Å². The van der Waals surface area contributed by atoms with Crippen molar-refractivity contribution >= 4 is 5.91 Å². The van der Waals surface area contributed by atoms with Crippen LogP contribution in [0.25, 0.3) is 5.69 Å².